The van der Waals surface area contributed by atoms with Crippen LogP contribution in [0.25, 0.3) is 10.8 Å². The minimum absolute atomic E-state index is 0.0264. The quantitative estimate of drug-likeness (QED) is 0.0829. The molecule has 8 heteroatoms. The Bertz CT molecular complexity index is 2230. The number of benzene rings is 4. The van der Waals surface area contributed by atoms with Crippen LogP contribution in [0.3, 0.4) is 0 Å². The molecule has 0 radical (unpaired) electrons. The minimum atomic E-state index is -0.480. The first kappa shape index (κ1) is 40.8. The second-order valence-electron chi connectivity index (χ2n) is 16.3. The molecular formula is C50H57NO7. The lowest BCUT2D eigenvalue weighted by Gasteiger charge is -2.28. The Morgan fingerprint density at radius 1 is 1.00 bits per heavy atom. The minimum Gasteiger partial charge on any atom is -0.508 e. The van der Waals surface area contributed by atoms with Gasteiger partial charge in [-0.1, -0.05) is 49.6 Å². The van der Waals surface area contributed by atoms with E-state index in [0.29, 0.717) is 43.9 Å². The van der Waals surface area contributed by atoms with Crippen LogP contribution in [0.15, 0.2) is 84.7 Å². The van der Waals surface area contributed by atoms with E-state index in [1.54, 1.807) is 20.1 Å². The fourth-order valence-electron chi connectivity index (χ4n) is 8.89. The number of nitrogens with one attached hydrogen (secondary N) is 1. The number of ketones is 1. The Kier molecular flexibility index (Phi) is 13.3. The number of carbonyl (C=O) groups is 1. The number of fused-ring (bicyclic) bond motifs is 1. The monoisotopic (exact) mass is 783 g/mol. The molecule has 3 heterocycles. The average molecular weight is 784 g/mol. The molecule has 0 saturated heterocycles. The van der Waals surface area contributed by atoms with E-state index in [2.05, 4.69) is 54.6 Å². The molecule has 3 aliphatic heterocycles. The number of allylic oxidation sites excluding steroid dienone is 3. The summed E-state index contributed by atoms with van der Waals surface area (Å²) in [5, 5.41) is 37.2. The molecule has 0 unspecified atom stereocenters. The van der Waals surface area contributed by atoms with Crippen molar-refractivity contribution in [3.63, 3.8) is 0 Å². The topological polar surface area (TPSA) is 117 Å². The maximum atomic E-state index is 13.7. The van der Waals surface area contributed by atoms with Crippen LogP contribution in [-0.2, 0) is 41.8 Å². The lowest BCUT2D eigenvalue weighted by molar-refractivity contribution is -0.121. The van der Waals surface area contributed by atoms with Crippen LogP contribution < -0.4 is 14.8 Å². The Labute approximate surface area is 342 Å². The number of unbranched alkanes of at least 4 members (excludes halogenated alkanes) is 1. The summed E-state index contributed by atoms with van der Waals surface area (Å²) in [6.45, 7) is 4.75. The molecule has 4 aromatic rings. The van der Waals surface area contributed by atoms with Gasteiger partial charge in [0.2, 0.25) is 0 Å². The highest BCUT2D eigenvalue weighted by atomic mass is 16.5. The molecule has 4 N–H and O–H groups in total. The summed E-state index contributed by atoms with van der Waals surface area (Å²) in [4.78, 5) is 13.7. The molecule has 8 bridgehead atoms. The summed E-state index contributed by atoms with van der Waals surface area (Å²) >= 11 is 0. The summed E-state index contributed by atoms with van der Waals surface area (Å²) in [6, 6.07) is 20.5. The molecule has 0 fully saturated rings. The van der Waals surface area contributed by atoms with Crippen molar-refractivity contribution in [2.24, 2.45) is 11.8 Å². The van der Waals surface area contributed by atoms with Crippen molar-refractivity contribution >= 4 is 22.2 Å². The van der Waals surface area contributed by atoms with Crippen LogP contribution in [0.1, 0.15) is 98.1 Å². The molecular weight excluding hydrogens is 727 g/mol. The summed E-state index contributed by atoms with van der Waals surface area (Å²) in [6.07, 6.45) is 15.8. The number of phenols is 1. The highest BCUT2D eigenvalue weighted by molar-refractivity contribution is 5.95. The Balaban J connectivity index is 1.12. The Morgan fingerprint density at radius 3 is 2.71 bits per heavy atom. The van der Waals surface area contributed by atoms with Gasteiger partial charge in [-0.15, -0.1) is 0 Å². The largest absolute Gasteiger partial charge is 0.508 e. The van der Waals surface area contributed by atoms with Gasteiger partial charge in [0.25, 0.3) is 0 Å². The number of carbonyl (C=O) groups excluding carboxylic acids is 1. The van der Waals surface area contributed by atoms with Gasteiger partial charge in [0.05, 0.1) is 19.1 Å². The summed E-state index contributed by atoms with van der Waals surface area (Å²) in [5.41, 5.74) is 7.40. The second kappa shape index (κ2) is 18.9. The van der Waals surface area contributed by atoms with Crippen LogP contribution in [-0.4, -0.2) is 47.0 Å². The van der Waals surface area contributed by atoms with Gasteiger partial charge in [0, 0.05) is 30.6 Å². The third-order valence-corrected chi connectivity index (χ3v) is 11.9. The van der Waals surface area contributed by atoms with Crippen molar-refractivity contribution < 1.29 is 34.3 Å². The van der Waals surface area contributed by atoms with E-state index >= 15 is 0 Å². The highest BCUT2D eigenvalue weighted by Gasteiger charge is 2.29. The molecule has 4 aromatic carbocycles. The summed E-state index contributed by atoms with van der Waals surface area (Å²) in [7, 11) is 1.63. The third-order valence-electron chi connectivity index (χ3n) is 11.9. The predicted molar refractivity (Wildman–Crippen MR) is 230 cm³/mol. The maximum absolute atomic E-state index is 13.7. The average Bonchev–Trinajstić information content (AvgIpc) is 3.22. The maximum Gasteiger partial charge on any atom is 0.161 e. The number of aryl methyl sites for hydroxylation is 4. The zero-order valence-corrected chi connectivity index (χ0v) is 34.1. The number of anilines is 1. The number of hydrogen-bond acceptors (Lipinski definition) is 8. The Hall–Kier alpha value is -5.39. The SMILES string of the molecule is CCc1cc(O)c2c3c4cc(cc13)COc1cc(ccc1OC)CCC(=O)C[C@H](C[C@H]1C=C(O)C=C[C@@H]1CCCCc1cccc(NC[C@H](C)O)c1)OC#C[C@H]2CC4. The lowest BCUT2D eigenvalue weighted by Crippen LogP contribution is -2.24. The number of phenolic OH excluding ortho intramolecular Hbond substituents is 1. The molecule has 8 nitrogen and oxygen atoms in total. The number of aliphatic hydroxyl groups excluding tert-OH is 2. The molecule has 0 aromatic heterocycles. The number of methoxy groups -OCH3 is 1. The van der Waals surface area contributed by atoms with E-state index in [-0.39, 0.29) is 41.5 Å². The summed E-state index contributed by atoms with van der Waals surface area (Å²) < 4.78 is 18.4. The van der Waals surface area contributed by atoms with Gasteiger partial charge in [-0.3, -0.25) is 4.79 Å². The summed E-state index contributed by atoms with van der Waals surface area (Å²) in [5.74, 6) is 5.14. The van der Waals surface area contributed by atoms with Crippen molar-refractivity contribution in [2.75, 3.05) is 19.0 Å². The van der Waals surface area contributed by atoms with E-state index < -0.39 is 12.2 Å². The highest BCUT2D eigenvalue weighted by Crippen LogP contribution is 2.44. The normalized spacial score (nSPS) is 20.9. The van der Waals surface area contributed by atoms with Crippen molar-refractivity contribution in [1.82, 2.24) is 0 Å². The zero-order chi connectivity index (χ0) is 40.6. The van der Waals surface area contributed by atoms with Crippen LogP contribution in [0.2, 0.25) is 0 Å². The molecule has 0 amide bonds. The van der Waals surface area contributed by atoms with Crippen LogP contribution in [0.5, 0.6) is 17.2 Å². The molecule has 58 heavy (non-hydrogen) atoms. The zero-order valence-electron chi connectivity index (χ0n) is 34.1. The van der Waals surface area contributed by atoms with Gasteiger partial charge in [-0.2, -0.15) is 0 Å². The fraction of sp³-hybridized carbons (Fsp3) is 0.420. The van der Waals surface area contributed by atoms with Gasteiger partial charge in [0.1, 0.15) is 36.1 Å². The fourth-order valence-corrected chi connectivity index (χ4v) is 8.89. The van der Waals surface area contributed by atoms with Crippen LogP contribution >= 0.6 is 0 Å². The molecule has 304 valence electrons. The number of ether oxygens (including phenoxy) is 3. The van der Waals surface area contributed by atoms with Crippen molar-refractivity contribution in [3.05, 3.63) is 118 Å². The molecule has 9 rings (SSSR count). The van der Waals surface area contributed by atoms with Crippen LogP contribution in [0.4, 0.5) is 5.69 Å². The second-order valence-corrected chi connectivity index (χ2v) is 16.3. The van der Waals surface area contributed by atoms with E-state index in [1.807, 2.05) is 42.5 Å². The smallest absolute Gasteiger partial charge is 0.161 e. The predicted octanol–water partition coefficient (Wildman–Crippen LogP) is 9.82. The first-order chi connectivity index (χ1) is 28.2. The molecule has 0 saturated carbocycles. The molecule has 0 spiro atoms. The number of aliphatic hydroxyl groups is 2. The standard InChI is InChI=1S/C50H57NO7/c1-4-36-28-46(55)50-38-14-15-39-22-35(24-45(36)49(39)50)31-58-48-25-34(13-19-47(48)56-3)12-17-43(54)29-44(57-21-20-38)27-40-26-42(53)18-16-37(40)10-6-5-8-33-9-7-11-41(23-33)51-30-32(2)52/h7,9,11,13,16,18-19,22-26,28,32,37-38,40,44,51-53,55H,4-6,8,10,12,14-15,17,27,29-31H2,1-3H3/t32-,37-,38+,40+,44-/m0/s1. The van der Waals surface area contributed by atoms with Gasteiger partial charge >= 0.3 is 0 Å². The molecule has 5 aliphatic rings. The number of rotatable bonds is 12. The number of aromatic hydroxyl groups is 1. The number of hydrogen-bond donors (Lipinski definition) is 4. The van der Waals surface area contributed by atoms with Crippen LogP contribution in [0, 0.1) is 23.9 Å². The van der Waals surface area contributed by atoms with Crippen molar-refractivity contribution in [2.45, 2.75) is 109 Å². The lowest BCUT2D eigenvalue weighted by atomic mass is 9.79. The van der Waals surface area contributed by atoms with Gasteiger partial charge < -0.3 is 34.8 Å². The van der Waals surface area contributed by atoms with Crippen molar-refractivity contribution in [3.8, 4) is 29.3 Å². The first-order valence-electron chi connectivity index (χ1n) is 21.0. The Morgan fingerprint density at radius 2 is 1.88 bits per heavy atom. The van der Waals surface area contributed by atoms with E-state index in [9.17, 15) is 20.1 Å². The van der Waals surface area contributed by atoms with Crippen molar-refractivity contribution in [1.29, 1.82) is 0 Å². The molecule has 2 aliphatic carbocycles. The third kappa shape index (κ3) is 10.00. The molecule has 5 atom stereocenters. The van der Waals surface area contributed by atoms with Gasteiger partial charge in [-0.05, 0) is 157 Å². The van der Waals surface area contributed by atoms with E-state index in [0.717, 1.165) is 83.7 Å². The van der Waals surface area contributed by atoms with Gasteiger partial charge in [0.15, 0.2) is 11.5 Å². The van der Waals surface area contributed by atoms with Gasteiger partial charge in [-0.25, -0.2) is 0 Å². The first-order valence-corrected chi connectivity index (χ1v) is 21.0. The number of Topliss-reactive ketones (excluding diaryl/α,β-unsaturated/α-hetero) is 1. The van der Waals surface area contributed by atoms with E-state index in [4.69, 9.17) is 14.2 Å². The van der Waals surface area contributed by atoms with E-state index in [1.165, 1.54) is 11.1 Å².